The highest BCUT2D eigenvalue weighted by Gasteiger charge is 2.13. The zero-order valence-corrected chi connectivity index (χ0v) is 12.5. The Morgan fingerprint density at radius 2 is 1.85 bits per heavy atom. The molecule has 0 aliphatic rings. The van der Waals surface area contributed by atoms with Crippen LogP contribution in [-0.4, -0.2) is 5.91 Å². The lowest BCUT2D eigenvalue weighted by Crippen LogP contribution is -2.26. The van der Waals surface area contributed by atoms with Crippen LogP contribution in [0.15, 0.2) is 53.0 Å². The third-order valence-electron chi connectivity index (χ3n) is 3.00. The van der Waals surface area contributed by atoms with Gasteiger partial charge in [-0.1, -0.05) is 34.1 Å². The van der Waals surface area contributed by atoms with Crippen LogP contribution in [0.1, 0.15) is 34.5 Å². The van der Waals surface area contributed by atoms with Crippen LogP contribution in [0.3, 0.4) is 0 Å². The normalized spacial score (nSPS) is 11.4. The van der Waals surface area contributed by atoms with Gasteiger partial charge in [-0.25, -0.2) is 0 Å². The topological polar surface area (TPSA) is 52.9 Å². The Bertz CT molecular complexity index is 659. The average Bonchev–Trinajstić information content (AvgIpc) is 2.47. The van der Waals surface area contributed by atoms with Crippen molar-refractivity contribution in [2.24, 2.45) is 0 Å². The molecule has 1 amide bonds. The summed E-state index contributed by atoms with van der Waals surface area (Å²) in [6, 6.07) is 16.3. The fourth-order valence-corrected chi connectivity index (χ4v) is 2.51. The third kappa shape index (κ3) is 3.25. The molecule has 0 saturated heterocycles. The summed E-state index contributed by atoms with van der Waals surface area (Å²) in [4.78, 5) is 12.1. The molecule has 2 rings (SSSR count). The van der Waals surface area contributed by atoms with Gasteiger partial charge in [-0.2, -0.15) is 5.26 Å². The van der Waals surface area contributed by atoms with Crippen LogP contribution in [0, 0.1) is 11.3 Å². The highest BCUT2D eigenvalue weighted by Crippen LogP contribution is 2.23. The van der Waals surface area contributed by atoms with Gasteiger partial charge in [0, 0.05) is 10.0 Å². The second kappa shape index (κ2) is 6.36. The molecule has 20 heavy (non-hydrogen) atoms. The van der Waals surface area contributed by atoms with E-state index in [1.54, 1.807) is 24.3 Å². The Balaban J connectivity index is 2.11. The maximum Gasteiger partial charge on any atom is 0.251 e. The molecule has 0 aromatic heterocycles. The fourth-order valence-electron chi connectivity index (χ4n) is 1.88. The standard InChI is InChI=1S/C16H13BrN2O/c1-11(14-4-2-3-5-15(14)17)19-16(20)13-8-6-12(10-18)7-9-13/h2-9,11H,1H3,(H,19,20). The number of halogens is 1. The molecular weight excluding hydrogens is 316 g/mol. The minimum Gasteiger partial charge on any atom is -0.345 e. The third-order valence-corrected chi connectivity index (χ3v) is 3.72. The van der Waals surface area contributed by atoms with Crippen molar-refractivity contribution in [3.05, 3.63) is 69.7 Å². The highest BCUT2D eigenvalue weighted by molar-refractivity contribution is 9.10. The number of carbonyl (C=O) groups excluding carboxylic acids is 1. The van der Waals surface area contributed by atoms with Crippen molar-refractivity contribution >= 4 is 21.8 Å². The first-order valence-electron chi connectivity index (χ1n) is 6.17. The summed E-state index contributed by atoms with van der Waals surface area (Å²) < 4.78 is 0.965. The van der Waals surface area contributed by atoms with E-state index in [9.17, 15) is 4.79 Å². The number of amides is 1. The lowest BCUT2D eigenvalue weighted by Gasteiger charge is -2.15. The Hall–Kier alpha value is -2.12. The van der Waals surface area contributed by atoms with Crippen molar-refractivity contribution in [2.75, 3.05) is 0 Å². The second-order valence-electron chi connectivity index (χ2n) is 4.41. The molecule has 0 bridgehead atoms. The smallest absolute Gasteiger partial charge is 0.251 e. The minimum absolute atomic E-state index is 0.103. The first kappa shape index (κ1) is 14.3. The SMILES string of the molecule is CC(NC(=O)c1ccc(C#N)cc1)c1ccccc1Br. The molecule has 4 heteroatoms. The number of hydrogen-bond donors (Lipinski definition) is 1. The summed E-state index contributed by atoms with van der Waals surface area (Å²) in [5, 5.41) is 11.7. The monoisotopic (exact) mass is 328 g/mol. The Kier molecular flexibility index (Phi) is 4.54. The summed E-state index contributed by atoms with van der Waals surface area (Å²) in [5.74, 6) is -0.155. The van der Waals surface area contributed by atoms with Crippen molar-refractivity contribution in [1.82, 2.24) is 5.32 Å². The molecule has 100 valence electrons. The van der Waals surface area contributed by atoms with E-state index in [4.69, 9.17) is 5.26 Å². The van der Waals surface area contributed by atoms with E-state index in [0.29, 0.717) is 11.1 Å². The van der Waals surface area contributed by atoms with E-state index in [1.165, 1.54) is 0 Å². The lowest BCUT2D eigenvalue weighted by atomic mass is 10.1. The molecule has 0 radical (unpaired) electrons. The highest BCUT2D eigenvalue weighted by atomic mass is 79.9. The molecule has 0 fully saturated rings. The van der Waals surface area contributed by atoms with Crippen LogP contribution < -0.4 is 5.32 Å². The van der Waals surface area contributed by atoms with Crippen LogP contribution in [0.2, 0.25) is 0 Å². The number of nitrogens with zero attached hydrogens (tertiary/aromatic N) is 1. The molecule has 1 unspecified atom stereocenters. The van der Waals surface area contributed by atoms with Crippen molar-refractivity contribution in [3.63, 3.8) is 0 Å². The summed E-state index contributed by atoms with van der Waals surface area (Å²) in [6.07, 6.45) is 0. The minimum atomic E-state index is -0.155. The average molecular weight is 329 g/mol. The fraction of sp³-hybridized carbons (Fsp3) is 0.125. The number of nitriles is 1. The van der Waals surface area contributed by atoms with Crippen molar-refractivity contribution in [2.45, 2.75) is 13.0 Å². The number of rotatable bonds is 3. The molecular formula is C16H13BrN2O. The summed E-state index contributed by atoms with van der Waals surface area (Å²) in [6.45, 7) is 1.93. The van der Waals surface area contributed by atoms with Crippen LogP contribution in [0.4, 0.5) is 0 Å². The van der Waals surface area contributed by atoms with Gasteiger partial charge >= 0.3 is 0 Å². The van der Waals surface area contributed by atoms with Crippen molar-refractivity contribution < 1.29 is 4.79 Å². The van der Waals surface area contributed by atoms with E-state index in [0.717, 1.165) is 10.0 Å². The Morgan fingerprint density at radius 3 is 2.45 bits per heavy atom. The number of benzene rings is 2. The summed E-state index contributed by atoms with van der Waals surface area (Å²) in [5.41, 5.74) is 2.11. The number of hydrogen-bond acceptors (Lipinski definition) is 2. The molecule has 1 atom stereocenters. The first-order chi connectivity index (χ1) is 9.61. The van der Waals surface area contributed by atoms with Crippen molar-refractivity contribution in [3.8, 4) is 6.07 Å². The largest absolute Gasteiger partial charge is 0.345 e. The van der Waals surface area contributed by atoms with Gasteiger partial charge in [0.25, 0.3) is 5.91 Å². The molecule has 0 aliphatic heterocycles. The molecule has 2 aromatic carbocycles. The van der Waals surface area contributed by atoms with E-state index < -0.39 is 0 Å². The van der Waals surface area contributed by atoms with E-state index in [2.05, 4.69) is 21.2 Å². The van der Waals surface area contributed by atoms with Crippen LogP contribution in [-0.2, 0) is 0 Å². The van der Waals surface area contributed by atoms with E-state index in [-0.39, 0.29) is 11.9 Å². The predicted molar refractivity (Wildman–Crippen MR) is 81.2 cm³/mol. The van der Waals surface area contributed by atoms with Gasteiger partial charge in [-0.15, -0.1) is 0 Å². The molecule has 0 saturated carbocycles. The van der Waals surface area contributed by atoms with Gasteiger partial charge < -0.3 is 5.32 Å². The molecule has 3 nitrogen and oxygen atoms in total. The predicted octanol–water partition coefficient (Wildman–Crippen LogP) is 3.81. The van der Waals surface area contributed by atoms with Gasteiger partial charge in [0.15, 0.2) is 0 Å². The molecule has 0 aliphatic carbocycles. The summed E-state index contributed by atoms with van der Waals surface area (Å²) in [7, 11) is 0. The van der Waals surface area contributed by atoms with Crippen molar-refractivity contribution in [1.29, 1.82) is 5.26 Å². The van der Waals surface area contributed by atoms with Gasteiger partial charge in [0.05, 0.1) is 17.7 Å². The number of nitrogens with one attached hydrogen (secondary N) is 1. The quantitative estimate of drug-likeness (QED) is 0.931. The second-order valence-corrected chi connectivity index (χ2v) is 5.26. The molecule has 0 spiro atoms. The Labute approximate surface area is 126 Å². The lowest BCUT2D eigenvalue weighted by molar-refractivity contribution is 0.0940. The number of carbonyl (C=O) groups is 1. The van der Waals surface area contributed by atoms with Gasteiger partial charge in [0.1, 0.15) is 0 Å². The van der Waals surface area contributed by atoms with Crippen LogP contribution in [0.5, 0.6) is 0 Å². The Morgan fingerprint density at radius 1 is 1.20 bits per heavy atom. The first-order valence-corrected chi connectivity index (χ1v) is 6.96. The summed E-state index contributed by atoms with van der Waals surface area (Å²) >= 11 is 3.47. The zero-order valence-electron chi connectivity index (χ0n) is 10.9. The molecule has 0 heterocycles. The molecule has 2 aromatic rings. The van der Waals surface area contributed by atoms with Gasteiger partial charge in [0.2, 0.25) is 0 Å². The van der Waals surface area contributed by atoms with E-state index in [1.807, 2.05) is 37.3 Å². The maximum absolute atomic E-state index is 12.1. The van der Waals surface area contributed by atoms with Gasteiger partial charge in [-0.05, 0) is 42.8 Å². The van der Waals surface area contributed by atoms with Crippen LogP contribution in [0.25, 0.3) is 0 Å². The van der Waals surface area contributed by atoms with E-state index >= 15 is 0 Å². The molecule has 1 N–H and O–H groups in total. The maximum atomic E-state index is 12.1. The van der Waals surface area contributed by atoms with Gasteiger partial charge in [-0.3, -0.25) is 4.79 Å². The van der Waals surface area contributed by atoms with Crippen LogP contribution >= 0.6 is 15.9 Å². The zero-order chi connectivity index (χ0) is 14.5.